The summed E-state index contributed by atoms with van der Waals surface area (Å²) in [5.41, 5.74) is 0. The number of carbonyl (C=O) groups is 1. The summed E-state index contributed by atoms with van der Waals surface area (Å²) in [6, 6.07) is 0. The van der Waals surface area contributed by atoms with Gasteiger partial charge in [-0.3, -0.25) is 4.79 Å². The van der Waals surface area contributed by atoms with Crippen LogP contribution in [0.3, 0.4) is 0 Å². The molecule has 0 saturated carbocycles. The first-order valence-corrected chi connectivity index (χ1v) is 9.35. The Morgan fingerprint density at radius 2 is 1.32 bits per heavy atom. The van der Waals surface area contributed by atoms with Crippen LogP contribution in [0.25, 0.3) is 0 Å². The summed E-state index contributed by atoms with van der Waals surface area (Å²) in [4.78, 5) is 11.9. The topological polar surface area (TPSA) is 51.2 Å². The highest BCUT2D eigenvalue weighted by atomic mass is 32.2. The van der Waals surface area contributed by atoms with Crippen LogP contribution in [0.1, 0.15) is 78.6 Å². The van der Waals surface area contributed by atoms with Crippen molar-refractivity contribution in [2.75, 3.05) is 6.26 Å². The summed E-state index contributed by atoms with van der Waals surface area (Å²) in [5, 5.41) is 0. The lowest BCUT2D eigenvalue weighted by Gasteiger charge is -2.20. The van der Waals surface area contributed by atoms with Crippen molar-refractivity contribution in [1.82, 2.24) is 0 Å². The van der Waals surface area contributed by atoms with Crippen LogP contribution in [0.5, 0.6) is 0 Å². The van der Waals surface area contributed by atoms with E-state index in [-0.39, 0.29) is 5.78 Å². The van der Waals surface area contributed by atoms with E-state index in [4.69, 9.17) is 0 Å². The fraction of sp³-hybridized carbons (Fsp3) is 0.933. The third-order valence-electron chi connectivity index (χ3n) is 3.86. The Balaban J connectivity index is 3.76. The lowest BCUT2D eigenvalue weighted by atomic mass is 10.0. The molecule has 114 valence electrons. The van der Waals surface area contributed by atoms with Gasteiger partial charge in [-0.2, -0.15) is 0 Å². The molecule has 0 spiro atoms. The molecule has 0 aromatic carbocycles. The molecule has 0 bridgehead atoms. The van der Waals surface area contributed by atoms with Gasteiger partial charge in [-0.15, -0.1) is 0 Å². The van der Waals surface area contributed by atoms with Gasteiger partial charge in [0.2, 0.25) is 0 Å². The quantitative estimate of drug-likeness (QED) is 0.542. The van der Waals surface area contributed by atoms with Gasteiger partial charge in [-0.1, -0.05) is 51.9 Å². The number of carbonyl (C=O) groups excluding carboxylic acids is 1. The number of sulfone groups is 1. The summed E-state index contributed by atoms with van der Waals surface area (Å²) >= 11 is 0. The zero-order valence-electron chi connectivity index (χ0n) is 13.0. The molecular formula is C15H30O3S. The molecule has 4 heteroatoms. The van der Waals surface area contributed by atoms with Crippen LogP contribution in [-0.4, -0.2) is 25.2 Å². The maximum Gasteiger partial charge on any atom is 0.159 e. The van der Waals surface area contributed by atoms with Crippen molar-refractivity contribution in [2.24, 2.45) is 0 Å². The van der Waals surface area contributed by atoms with E-state index in [0.29, 0.717) is 6.42 Å². The average Bonchev–Trinajstić information content (AvgIpc) is 2.30. The minimum Gasteiger partial charge on any atom is -0.298 e. The number of hydrogen-bond donors (Lipinski definition) is 0. The Labute approximate surface area is 119 Å². The molecule has 0 aliphatic carbocycles. The van der Waals surface area contributed by atoms with E-state index in [1.165, 1.54) is 46.0 Å². The Hall–Kier alpha value is -0.380. The second kappa shape index (κ2) is 8.72. The van der Waals surface area contributed by atoms with E-state index < -0.39 is 14.6 Å². The van der Waals surface area contributed by atoms with Gasteiger partial charge in [0.1, 0.15) is 4.75 Å². The van der Waals surface area contributed by atoms with Gasteiger partial charge in [-0.05, 0) is 20.3 Å². The second-order valence-electron chi connectivity index (χ2n) is 5.93. The monoisotopic (exact) mass is 290 g/mol. The summed E-state index contributed by atoms with van der Waals surface area (Å²) in [5.74, 6) is -0.152. The summed E-state index contributed by atoms with van der Waals surface area (Å²) in [6.07, 6.45) is 10.9. The van der Waals surface area contributed by atoms with Crippen LogP contribution >= 0.6 is 0 Å². The molecule has 0 aromatic rings. The molecule has 0 heterocycles. The van der Waals surface area contributed by atoms with E-state index in [9.17, 15) is 13.2 Å². The van der Waals surface area contributed by atoms with Gasteiger partial charge in [0.25, 0.3) is 0 Å². The van der Waals surface area contributed by atoms with Crippen LogP contribution < -0.4 is 0 Å². The van der Waals surface area contributed by atoms with E-state index >= 15 is 0 Å². The fourth-order valence-electron chi connectivity index (χ4n) is 1.93. The number of hydrogen-bond acceptors (Lipinski definition) is 3. The summed E-state index contributed by atoms with van der Waals surface area (Å²) < 4.78 is 21.8. The van der Waals surface area contributed by atoms with Gasteiger partial charge in [0.05, 0.1) is 0 Å². The predicted octanol–water partition coefficient (Wildman–Crippen LogP) is 3.91. The average molecular weight is 290 g/mol. The minimum absolute atomic E-state index is 0.152. The molecule has 0 rings (SSSR count). The molecule has 0 fully saturated rings. The standard InChI is InChI=1S/C15H30O3S/c1-5-6-7-8-9-10-11-12-13-14(16)15(2,3)19(4,17)18/h5-13H2,1-4H3. The Bertz CT molecular complexity index is 356. The van der Waals surface area contributed by atoms with Crippen LogP contribution in [-0.2, 0) is 14.6 Å². The number of ketones is 1. The van der Waals surface area contributed by atoms with Crippen molar-refractivity contribution in [3.05, 3.63) is 0 Å². The van der Waals surface area contributed by atoms with Gasteiger partial charge >= 0.3 is 0 Å². The van der Waals surface area contributed by atoms with Crippen molar-refractivity contribution in [1.29, 1.82) is 0 Å². The molecular weight excluding hydrogens is 260 g/mol. The maximum atomic E-state index is 11.9. The van der Waals surface area contributed by atoms with Crippen molar-refractivity contribution < 1.29 is 13.2 Å². The highest BCUT2D eigenvalue weighted by molar-refractivity contribution is 7.92. The predicted molar refractivity (Wildman–Crippen MR) is 81.2 cm³/mol. The smallest absolute Gasteiger partial charge is 0.159 e. The van der Waals surface area contributed by atoms with Gasteiger partial charge in [-0.25, -0.2) is 8.42 Å². The lowest BCUT2D eigenvalue weighted by molar-refractivity contribution is -0.120. The summed E-state index contributed by atoms with van der Waals surface area (Å²) in [6.45, 7) is 5.22. The first-order chi connectivity index (χ1) is 8.73. The first-order valence-electron chi connectivity index (χ1n) is 7.46. The number of rotatable bonds is 11. The van der Waals surface area contributed by atoms with Gasteiger partial charge in [0, 0.05) is 12.7 Å². The van der Waals surface area contributed by atoms with Gasteiger partial charge in [0.15, 0.2) is 15.6 Å². The fourth-order valence-corrected chi connectivity index (χ4v) is 2.44. The first kappa shape index (κ1) is 18.6. The highest BCUT2D eigenvalue weighted by Gasteiger charge is 2.37. The molecule has 19 heavy (non-hydrogen) atoms. The Kier molecular flexibility index (Phi) is 8.55. The van der Waals surface area contributed by atoms with Crippen molar-refractivity contribution in [3.63, 3.8) is 0 Å². The van der Waals surface area contributed by atoms with Crippen LogP contribution in [0.4, 0.5) is 0 Å². The van der Waals surface area contributed by atoms with E-state index in [0.717, 1.165) is 25.5 Å². The van der Waals surface area contributed by atoms with E-state index in [1.807, 2.05) is 0 Å². The SMILES string of the molecule is CCCCCCCCCCC(=O)C(C)(C)S(C)(=O)=O. The van der Waals surface area contributed by atoms with Gasteiger partial charge < -0.3 is 0 Å². The molecule has 0 unspecified atom stereocenters. The molecule has 0 aliphatic rings. The van der Waals surface area contributed by atoms with Crippen LogP contribution in [0.15, 0.2) is 0 Å². The molecule has 0 saturated heterocycles. The Morgan fingerprint density at radius 1 is 0.895 bits per heavy atom. The third kappa shape index (κ3) is 7.09. The lowest BCUT2D eigenvalue weighted by Crippen LogP contribution is -2.39. The van der Waals surface area contributed by atoms with E-state index in [2.05, 4.69) is 6.92 Å². The Morgan fingerprint density at radius 3 is 1.74 bits per heavy atom. The van der Waals surface area contributed by atoms with Crippen molar-refractivity contribution in [3.8, 4) is 0 Å². The maximum absolute atomic E-state index is 11.9. The minimum atomic E-state index is -3.31. The third-order valence-corrected chi connectivity index (χ3v) is 5.94. The normalized spacial score (nSPS) is 12.6. The molecule has 0 atom stereocenters. The molecule has 0 radical (unpaired) electrons. The van der Waals surface area contributed by atoms with Crippen LogP contribution in [0.2, 0.25) is 0 Å². The molecule has 0 aromatic heterocycles. The summed E-state index contributed by atoms with van der Waals surface area (Å²) in [7, 11) is -3.31. The zero-order valence-corrected chi connectivity index (χ0v) is 13.8. The van der Waals surface area contributed by atoms with E-state index in [1.54, 1.807) is 0 Å². The number of unbranched alkanes of at least 4 members (excludes halogenated alkanes) is 7. The second-order valence-corrected chi connectivity index (χ2v) is 8.50. The molecule has 0 N–H and O–H groups in total. The molecule has 3 nitrogen and oxygen atoms in total. The van der Waals surface area contributed by atoms with Crippen molar-refractivity contribution in [2.45, 2.75) is 83.3 Å². The largest absolute Gasteiger partial charge is 0.298 e. The number of Topliss-reactive ketones (excluding diaryl/α,β-unsaturated/α-hetero) is 1. The molecule has 0 aliphatic heterocycles. The zero-order chi connectivity index (χ0) is 14.9. The highest BCUT2D eigenvalue weighted by Crippen LogP contribution is 2.20. The van der Waals surface area contributed by atoms with Crippen molar-refractivity contribution >= 4 is 15.6 Å². The molecule has 0 amide bonds. The van der Waals surface area contributed by atoms with Crippen LogP contribution in [0, 0.1) is 0 Å².